The third-order valence-corrected chi connectivity index (χ3v) is 4.69. The Morgan fingerprint density at radius 3 is 2.42 bits per heavy atom. The van der Waals surface area contributed by atoms with Crippen LogP contribution < -0.4 is 5.32 Å². The van der Waals surface area contributed by atoms with Crippen LogP contribution in [0.3, 0.4) is 0 Å². The number of anilines is 1. The average molecular weight is 344 g/mol. The molecule has 0 radical (unpaired) electrons. The molecule has 1 aliphatic rings. The van der Waals surface area contributed by atoms with Crippen molar-refractivity contribution in [2.45, 2.75) is 20.4 Å². The number of H-pyrrole nitrogens is 2. The van der Waals surface area contributed by atoms with E-state index in [1.54, 1.807) is 0 Å². The molecule has 0 spiro atoms. The number of nitrogens with one attached hydrogen (secondary N) is 3. The summed E-state index contributed by atoms with van der Waals surface area (Å²) in [7, 11) is 0. The van der Waals surface area contributed by atoms with E-state index in [4.69, 9.17) is 0 Å². The summed E-state index contributed by atoms with van der Waals surface area (Å²) in [5.74, 6) is -0.0599. The highest BCUT2D eigenvalue weighted by Crippen LogP contribution is 2.37. The topological polar surface area (TPSA) is 73.0 Å². The lowest BCUT2D eigenvalue weighted by atomic mass is 9.98. The van der Waals surface area contributed by atoms with Crippen LogP contribution in [-0.2, 0) is 11.3 Å². The van der Waals surface area contributed by atoms with Gasteiger partial charge in [0.25, 0.3) is 5.91 Å². The third-order valence-electron chi connectivity index (χ3n) is 4.69. The van der Waals surface area contributed by atoms with Crippen molar-refractivity contribution < 1.29 is 4.79 Å². The van der Waals surface area contributed by atoms with E-state index in [9.17, 15) is 4.79 Å². The van der Waals surface area contributed by atoms with Gasteiger partial charge in [0.1, 0.15) is 0 Å². The Bertz CT molecular complexity index is 1010. The van der Waals surface area contributed by atoms with E-state index in [0.717, 1.165) is 45.1 Å². The second-order valence-corrected chi connectivity index (χ2v) is 6.40. The van der Waals surface area contributed by atoms with Gasteiger partial charge in [-0.15, -0.1) is 0 Å². The van der Waals surface area contributed by atoms with Gasteiger partial charge in [0, 0.05) is 29.3 Å². The zero-order valence-corrected chi connectivity index (χ0v) is 14.8. The number of hydrogen-bond acceptors (Lipinski definition) is 2. The molecular weight excluding hydrogens is 324 g/mol. The highest BCUT2D eigenvalue weighted by molar-refractivity contribution is 6.36. The van der Waals surface area contributed by atoms with Gasteiger partial charge in [0.05, 0.1) is 23.5 Å². The predicted octanol–water partition coefficient (Wildman–Crippen LogP) is 4.23. The first kappa shape index (κ1) is 16.1. The van der Waals surface area contributed by atoms with Crippen molar-refractivity contribution in [2.75, 3.05) is 5.32 Å². The Hall–Kier alpha value is -3.34. The number of carbonyl (C=O) groups is 1. The minimum atomic E-state index is -0.0599. The van der Waals surface area contributed by atoms with E-state index >= 15 is 0 Å². The molecule has 0 saturated carbocycles. The molecule has 1 amide bonds. The molecule has 0 fully saturated rings. The summed E-state index contributed by atoms with van der Waals surface area (Å²) in [6.45, 7) is 4.53. The van der Waals surface area contributed by atoms with Crippen LogP contribution >= 0.6 is 0 Å². The number of allylic oxidation sites excluding steroid dienone is 1. The molecule has 2 aromatic heterocycles. The van der Waals surface area contributed by atoms with E-state index < -0.39 is 0 Å². The number of benzene rings is 1. The molecule has 1 aliphatic heterocycles. The molecule has 5 heteroatoms. The Labute approximate surface area is 151 Å². The molecule has 3 aromatic rings. The predicted molar refractivity (Wildman–Crippen MR) is 105 cm³/mol. The van der Waals surface area contributed by atoms with Crippen molar-refractivity contribution in [3.05, 3.63) is 77.4 Å². The maximum Gasteiger partial charge on any atom is 0.256 e. The zero-order valence-electron chi connectivity index (χ0n) is 14.8. The van der Waals surface area contributed by atoms with Gasteiger partial charge in [-0.25, -0.2) is 0 Å². The first-order valence-corrected chi connectivity index (χ1v) is 8.57. The normalized spacial score (nSPS) is 15.8. The summed E-state index contributed by atoms with van der Waals surface area (Å²) < 4.78 is 0. The van der Waals surface area contributed by atoms with Gasteiger partial charge >= 0.3 is 0 Å². The largest absolute Gasteiger partial charge is 0.361 e. The number of rotatable bonds is 4. The van der Waals surface area contributed by atoms with Gasteiger partial charge in [-0.3, -0.25) is 9.79 Å². The van der Waals surface area contributed by atoms with E-state index in [1.165, 1.54) is 0 Å². The molecule has 4 rings (SSSR count). The van der Waals surface area contributed by atoms with E-state index in [-0.39, 0.29) is 5.91 Å². The van der Waals surface area contributed by atoms with Crippen molar-refractivity contribution in [2.24, 2.45) is 4.99 Å². The lowest BCUT2D eigenvalue weighted by Crippen LogP contribution is -2.05. The Morgan fingerprint density at radius 1 is 1.00 bits per heavy atom. The van der Waals surface area contributed by atoms with E-state index in [2.05, 4.69) is 26.3 Å². The SMILES string of the molecule is CC(=NCc1ccc2c(c1)C(=C(C)c1ccc[nH]1)C(=O)N2)c1ccc[nH]1. The number of nitrogens with zero attached hydrogens (tertiary/aromatic N) is 1. The van der Waals surface area contributed by atoms with Crippen molar-refractivity contribution in [1.29, 1.82) is 0 Å². The molecule has 130 valence electrons. The lowest BCUT2D eigenvalue weighted by Gasteiger charge is -2.06. The number of hydrogen-bond donors (Lipinski definition) is 3. The van der Waals surface area contributed by atoms with Crippen molar-refractivity contribution in [1.82, 2.24) is 9.97 Å². The number of aromatic nitrogens is 2. The lowest BCUT2D eigenvalue weighted by molar-refractivity contribution is -0.110. The molecule has 0 bridgehead atoms. The van der Waals surface area contributed by atoms with Gasteiger partial charge in [0.2, 0.25) is 0 Å². The summed E-state index contributed by atoms with van der Waals surface area (Å²) in [4.78, 5) is 23.5. The van der Waals surface area contributed by atoms with Crippen LogP contribution in [0.15, 0.2) is 59.9 Å². The summed E-state index contributed by atoms with van der Waals surface area (Å²) in [6.07, 6.45) is 3.75. The fourth-order valence-corrected chi connectivity index (χ4v) is 3.23. The van der Waals surface area contributed by atoms with Gasteiger partial charge in [-0.1, -0.05) is 6.07 Å². The van der Waals surface area contributed by atoms with Gasteiger partial charge in [-0.2, -0.15) is 0 Å². The first-order chi connectivity index (χ1) is 12.6. The van der Waals surface area contributed by atoms with E-state index in [1.807, 2.05) is 62.6 Å². The highest BCUT2D eigenvalue weighted by atomic mass is 16.2. The highest BCUT2D eigenvalue weighted by Gasteiger charge is 2.27. The smallest absolute Gasteiger partial charge is 0.256 e. The van der Waals surface area contributed by atoms with Crippen LogP contribution in [0.2, 0.25) is 0 Å². The molecule has 3 heterocycles. The summed E-state index contributed by atoms with van der Waals surface area (Å²) in [5.41, 5.74) is 7.45. The standard InChI is InChI=1S/C21H20N4O/c1-13(17-5-3-9-22-17)20-16-11-15(7-8-19(16)25-21(20)26)12-24-14(2)18-6-4-10-23-18/h3-11,22-23H,12H2,1-2H3,(H,25,26). The van der Waals surface area contributed by atoms with Crippen LogP contribution in [0.25, 0.3) is 11.1 Å². The number of aliphatic imine (C=N–C) groups is 1. The maximum absolute atomic E-state index is 12.5. The average Bonchev–Trinajstić information content (AvgIpc) is 3.38. The van der Waals surface area contributed by atoms with Crippen molar-refractivity contribution in [3.63, 3.8) is 0 Å². The third kappa shape index (κ3) is 2.88. The monoisotopic (exact) mass is 344 g/mol. The number of aromatic amines is 2. The van der Waals surface area contributed by atoms with Gasteiger partial charge < -0.3 is 15.3 Å². The van der Waals surface area contributed by atoms with Crippen LogP contribution in [0.1, 0.15) is 36.4 Å². The molecule has 1 aromatic carbocycles. The Balaban J connectivity index is 1.67. The minimum absolute atomic E-state index is 0.0599. The minimum Gasteiger partial charge on any atom is -0.361 e. The molecule has 26 heavy (non-hydrogen) atoms. The summed E-state index contributed by atoms with van der Waals surface area (Å²) in [6, 6.07) is 13.9. The maximum atomic E-state index is 12.5. The molecule has 5 nitrogen and oxygen atoms in total. The molecule has 3 N–H and O–H groups in total. The Morgan fingerprint density at radius 2 is 1.73 bits per heavy atom. The fraction of sp³-hybridized carbons (Fsp3) is 0.143. The zero-order chi connectivity index (χ0) is 18.1. The first-order valence-electron chi connectivity index (χ1n) is 8.57. The van der Waals surface area contributed by atoms with Gasteiger partial charge in [0.15, 0.2) is 0 Å². The summed E-state index contributed by atoms with van der Waals surface area (Å²) >= 11 is 0. The van der Waals surface area contributed by atoms with E-state index in [0.29, 0.717) is 6.54 Å². The van der Waals surface area contributed by atoms with Crippen molar-refractivity contribution >= 4 is 28.5 Å². The van der Waals surface area contributed by atoms with Crippen LogP contribution in [-0.4, -0.2) is 21.6 Å². The van der Waals surface area contributed by atoms with Crippen LogP contribution in [0.5, 0.6) is 0 Å². The van der Waals surface area contributed by atoms with Crippen molar-refractivity contribution in [3.8, 4) is 0 Å². The van der Waals surface area contributed by atoms with Crippen LogP contribution in [0, 0.1) is 0 Å². The van der Waals surface area contributed by atoms with Gasteiger partial charge in [-0.05, 0) is 61.4 Å². The molecule has 0 atom stereocenters. The number of amides is 1. The second-order valence-electron chi connectivity index (χ2n) is 6.40. The second kappa shape index (κ2) is 6.52. The molecule has 0 saturated heterocycles. The molecule has 0 unspecified atom stereocenters. The summed E-state index contributed by atoms with van der Waals surface area (Å²) in [5, 5.41) is 2.95. The fourth-order valence-electron chi connectivity index (χ4n) is 3.23. The number of fused-ring (bicyclic) bond motifs is 1. The molecule has 0 aliphatic carbocycles. The quantitative estimate of drug-likeness (QED) is 0.481. The Kier molecular flexibility index (Phi) is 4.05. The molecular formula is C21H20N4O. The van der Waals surface area contributed by atoms with Crippen LogP contribution in [0.4, 0.5) is 5.69 Å². The number of carbonyl (C=O) groups excluding carboxylic acids is 1.